The Morgan fingerprint density at radius 1 is 1.04 bits per heavy atom. The summed E-state index contributed by atoms with van der Waals surface area (Å²) >= 11 is 3.32. The maximum Gasteiger partial charge on any atom is 0.237 e. The molecule has 2 rings (SSSR count). The summed E-state index contributed by atoms with van der Waals surface area (Å²) in [6.45, 7) is 3.43. The smallest absolute Gasteiger partial charge is 0.237 e. The molecule has 24 heavy (non-hydrogen) atoms. The van der Waals surface area contributed by atoms with Crippen LogP contribution < -0.4 is 5.32 Å². The molecule has 5 heteroatoms. The van der Waals surface area contributed by atoms with Gasteiger partial charge in [-0.2, -0.15) is 0 Å². The molecule has 2 aromatic rings. The molecule has 0 aromatic heterocycles. The first-order valence-electron chi connectivity index (χ1n) is 7.66. The number of Topliss-reactive ketones (excluding diaryl/α,β-unsaturated/α-hetero) is 1. The summed E-state index contributed by atoms with van der Waals surface area (Å²) in [4.78, 5) is 24.7. The minimum atomic E-state index is -0.155. The van der Waals surface area contributed by atoms with Gasteiger partial charge in [0.25, 0.3) is 0 Å². The maximum absolute atomic E-state index is 12.3. The fourth-order valence-electron chi connectivity index (χ4n) is 2.05. The van der Waals surface area contributed by atoms with Crippen LogP contribution in [0, 0.1) is 0 Å². The number of carbonyl (C=O) groups excluding carboxylic acids is 2. The van der Waals surface area contributed by atoms with Gasteiger partial charge in [-0.1, -0.05) is 12.1 Å². The Morgan fingerprint density at radius 2 is 1.67 bits per heavy atom. The molecule has 1 atom stereocenters. The van der Waals surface area contributed by atoms with Crippen molar-refractivity contribution in [2.24, 2.45) is 0 Å². The summed E-state index contributed by atoms with van der Waals surface area (Å²) in [6.07, 6.45) is 2.05. The summed E-state index contributed by atoms with van der Waals surface area (Å²) in [5, 5.41) is 2.73. The van der Waals surface area contributed by atoms with E-state index < -0.39 is 0 Å². The molecule has 0 spiro atoms. The second-order valence-corrected chi connectivity index (χ2v) is 7.63. The average Bonchev–Trinajstić information content (AvgIpc) is 2.60. The predicted molar refractivity (Wildman–Crippen MR) is 104 cm³/mol. The Bertz CT molecular complexity index is 696. The van der Waals surface area contributed by atoms with Crippen LogP contribution in [0.3, 0.4) is 0 Å². The van der Waals surface area contributed by atoms with Crippen molar-refractivity contribution in [3.05, 3.63) is 59.7 Å². The zero-order chi connectivity index (χ0) is 17.5. The Labute approximate surface area is 151 Å². The van der Waals surface area contributed by atoms with Crippen LogP contribution in [-0.2, 0) is 10.5 Å². The van der Waals surface area contributed by atoms with E-state index in [0.717, 1.165) is 5.75 Å². The first-order valence-corrected chi connectivity index (χ1v) is 9.93. The van der Waals surface area contributed by atoms with Gasteiger partial charge in [0.2, 0.25) is 5.91 Å². The number of carbonyl (C=O) groups is 2. The van der Waals surface area contributed by atoms with Gasteiger partial charge in [0.15, 0.2) is 5.78 Å². The lowest BCUT2D eigenvalue weighted by atomic mass is 10.1. The predicted octanol–water partition coefficient (Wildman–Crippen LogP) is 4.87. The van der Waals surface area contributed by atoms with Crippen LogP contribution in [0.2, 0.25) is 0 Å². The van der Waals surface area contributed by atoms with E-state index in [0.29, 0.717) is 11.3 Å². The third kappa shape index (κ3) is 5.42. The van der Waals surface area contributed by atoms with Gasteiger partial charge in [0, 0.05) is 21.9 Å². The van der Waals surface area contributed by atoms with Crippen molar-refractivity contribution in [1.29, 1.82) is 0 Å². The topological polar surface area (TPSA) is 46.2 Å². The molecular weight excluding hydrogens is 338 g/mol. The van der Waals surface area contributed by atoms with Crippen molar-refractivity contribution < 1.29 is 9.59 Å². The van der Waals surface area contributed by atoms with E-state index in [1.54, 1.807) is 47.8 Å². The van der Waals surface area contributed by atoms with E-state index in [2.05, 4.69) is 35.8 Å². The fourth-order valence-corrected chi connectivity index (χ4v) is 3.30. The number of thioether (sulfide) groups is 2. The third-order valence-corrected chi connectivity index (χ3v) is 5.54. The van der Waals surface area contributed by atoms with E-state index in [9.17, 15) is 9.59 Å². The molecule has 3 nitrogen and oxygen atoms in total. The molecule has 1 amide bonds. The van der Waals surface area contributed by atoms with Crippen molar-refractivity contribution in [3.63, 3.8) is 0 Å². The zero-order valence-corrected chi connectivity index (χ0v) is 15.7. The summed E-state index contributed by atoms with van der Waals surface area (Å²) in [7, 11) is 0. The molecule has 0 saturated carbocycles. The molecule has 2 aromatic carbocycles. The summed E-state index contributed by atoms with van der Waals surface area (Å²) in [6, 6.07) is 15.4. The van der Waals surface area contributed by atoms with Crippen LogP contribution in [0.4, 0.5) is 5.69 Å². The molecule has 1 N–H and O–H groups in total. The monoisotopic (exact) mass is 359 g/mol. The minimum Gasteiger partial charge on any atom is -0.325 e. The Balaban J connectivity index is 1.85. The van der Waals surface area contributed by atoms with Gasteiger partial charge in [-0.25, -0.2) is 0 Å². The highest BCUT2D eigenvalue weighted by molar-refractivity contribution is 7.99. The van der Waals surface area contributed by atoms with Crippen LogP contribution in [0.25, 0.3) is 0 Å². The molecule has 0 aliphatic heterocycles. The highest BCUT2D eigenvalue weighted by Crippen LogP contribution is 2.22. The number of hydrogen-bond donors (Lipinski definition) is 1. The van der Waals surface area contributed by atoms with Crippen LogP contribution >= 0.6 is 23.5 Å². The van der Waals surface area contributed by atoms with Crippen molar-refractivity contribution in [2.75, 3.05) is 11.6 Å². The van der Waals surface area contributed by atoms with Crippen LogP contribution in [0.5, 0.6) is 0 Å². The first-order chi connectivity index (χ1) is 11.5. The van der Waals surface area contributed by atoms with E-state index in [1.807, 2.05) is 6.92 Å². The lowest BCUT2D eigenvalue weighted by Crippen LogP contribution is -2.22. The molecule has 0 heterocycles. The quantitative estimate of drug-likeness (QED) is 0.566. The molecule has 126 valence electrons. The number of hydrogen-bond acceptors (Lipinski definition) is 4. The molecule has 0 saturated heterocycles. The molecule has 0 fully saturated rings. The van der Waals surface area contributed by atoms with Gasteiger partial charge in [-0.05, 0) is 62.1 Å². The van der Waals surface area contributed by atoms with Crippen molar-refractivity contribution in [1.82, 2.24) is 0 Å². The Kier molecular flexibility index (Phi) is 6.94. The Hall–Kier alpha value is -1.72. The Morgan fingerprint density at radius 3 is 2.21 bits per heavy atom. The summed E-state index contributed by atoms with van der Waals surface area (Å²) < 4.78 is 0. The van der Waals surface area contributed by atoms with Crippen LogP contribution in [0.15, 0.2) is 53.4 Å². The number of nitrogens with one attached hydrogen (secondary N) is 1. The number of rotatable bonds is 7. The van der Waals surface area contributed by atoms with Gasteiger partial charge in [0.05, 0.1) is 5.25 Å². The number of amides is 1. The van der Waals surface area contributed by atoms with Crippen molar-refractivity contribution in [3.8, 4) is 0 Å². The van der Waals surface area contributed by atoms with Gasteiger partial charge < -0.3 is 5.32 Å². The van der Waals surface area contributed by atoms with Gasteiger partial charge in [0.1, 0.15) is 0 Å². The highest BCUT2D eigenvalue weighted by atomic mass is 32.2. The van der Waals surface area contributed by atoms with Crippen LogP contribution in [-0.4, -0.2) is 23.2 Å². The van der Waals surface area contributed by atoms with E-state index in [4.69, 9.17) is 0 Å². The largest absolute Gasteiger partial charge is 0.325 e. The molecule has 0 bridgehead atoms. The van der Waals surface area contributed by atoms with E-state index >= 15 is 0 Å². The lowest BCUT2D eigenvalue weighted by molar-refractivity contribution is -0.115. The molecular formula is C19H21NO2S2. The first kappa shape index (κ1) is 18.6. The second kappa shape index (κ2) is 8.94. The minimum absolute atomic E-state index is 0.0179. The normalized spacial score (nSPS) is 11.8. The van der Waals surface area contributed by atoms with Crippen molar-refractivity contribution in [2.45, 2.75) is 29.7 Å². The molecule has 0 radical (unpaired) electrons. The zero-order valence-electron chi connectivity index (χ0n) is 14.0. The van der Waals surface area contributed by atoms with Gasteiger partial charge >= 0.3 is 0 Å². The van der Waals surface area contributed by atoms with Crippen molar-refractivity contribution >= 4 is 40.9 Å². The third-order valence-electron chi connectivity index (χ3n) is 3.59. The maximum atomic E-state index is 12.3. The number of anilines is 1. The SMILES string of the molecule is CSc1ccc(CS[C@H](C)C(=O)Nc2ccc(C(C)=O)cc2)cc1. The lowest BCUT2D eigenvalue weighted by Gasteiger charge is -2.12. The highest BCUT2D eigenvalue weighted by Gasteiger charge is 2.14. The molecule has 0 aliphatic rings. The second-order valence-electron chi connectivity index (χ2n) is 5.42. The van der Waals surface area contributed by atoms with Gasteiger partial charge in [-0.15, -0.1) is 23.5 Å². The number of ketones is 1. The van der Waals surface area contributed by atoms with Gasteiger partial charge in [-0.3, -0.25) is 9.59 Å². The average molecular weight is 360 g/mol. The standard InChI is InChI=1S/C19H21NO2S2/c1-13(21)16-6-8-17(9-7-16)20-19(22)14(2)24-12-15-4-10-18(23-3)11-5-15/h4-11,14H,12H2,1-3H3,(H,20,22)/t14-/m1/s1. The summed E-state index contributed by atoms with van der Waals surface area (Å²) in [5.74, 6) is 0.785. The fraction of sp³-hybridized carbons (Fsp3) is 0.263. The molecule has 0 aliphatic carbocycles. The molecule has 0 unspecified atom stereocenters. The summed E-state index contributed by atoms with van der Waals surface area (Å²) in [5.41, 5.74) is 2.56. The van der Waals surface area contributed by atoms with E-state index in [-0.39, 0.29) is 16.9 Å². The van der Waals surface area contributed by atoms with E-state index in [1.165, 1.54) is 17.4 Å². The van der Waals surface area contributed by atoms with Crippen LogP contribution in [0.1, 0.15) is 29.8 Å². The number of benzene rings is 2.